The highest BCUT2D eigenvalue weighted by Gasteiger charge is 2.45. The fraction of sp³-hybridized carbons (Fsp3) is 0.441. The molecule has 0 radical (unpaired) electrons. The standard InChI is InChI=1S/C34H43FN4O2/c1-5-34(6-2)22-39(32-30(40)16-15-27(35)31(32)34)29-10-8-7-9-28(29)37-33(41)36-26-13-11-24(12-14-26)25-17-19-38(20-18-25)21-23(3)4/h7-16,23,25,40H,5-6,17-22H2,1-4H3,(H2,36,37,41). The second kappa shape index (κ2) is 12.1. The molecule has 5 rings (SSSR count). The van der Waals surface area contributed by atoms with Gasteiger partial charge in [-0.15, -0.1) is 0 Å². The van der Waals surface area contributed by atoms with Crippen molar-refractivity contribution in [2.45, 2.75) is 64.7 Å². The smallest absolute Gasteiger partial charge is 0.323 e. The Labute approximate surface area is 243 Å². The number of piperidine rings is 1. The van der Waals surface area contributed by atoms with Crippen LogP contribution in [0.5, 0.6) is 5.75 Å². The molecule has 2 aliphatic heterocycles. The third kappa shape index (κ3) is 5.91. The molecule has 0 saturated carbocycles. The number of carbonyl (C=O) groups excluding carboxylic acids is 1. The van der Waals surface area contributed by atoms with E-state index in [1.54, 1.807) is 0 Å². The number of nitrogens with zero attached hydrogens (tertiary/aromatic N) is 2. The number of para-hydroxylation sites is 2. The number of hydrogen-bond donors (Lipinski definition) is 3. The number of carbonyl (C=O) groups is 1. The van der Waals surface area contributed by atoms with Crippen molar-refractivity contribution in [3.63, 3.8) is 0 Å². The van der Waals surface area contributed by atoms with Crippen LogP contribution in [-0.2, 0) is 5.41 Å². The van der Waals surface area contributed by atoms with E-state index in [4.69, 9.17) is 0 Å². The molecule has 1 saturated heterocycles. The maximum atomic E-state index is 15.2. The van der Waals surface area contributed by atoms with E-state index >= 15 is 4.39 Å². The molecule has 41 heavy (non-hydrogen) atoms. The first-order valence-electron chi connectivity index (χ1n) is 15.0. The second-order valence-corrected chi connectivity index (χ2v) is 12.1. The Kier molecular flexibility index (Phi) is 8.55. The largest absolute Gasteiger partial charge is 0.506 e. The number of halogens is 1. The van der Waals surface area contributed by atoms with Crippen LogP contribution in [0.4, 0.5) is 31.9 Å². The number of phenolic OH excluding ortho intramolecular Hbond substituents is 1. The van der Waals surface area contributed by atoms with Crippen LogP contribution in [0.3, 0.4) is 0 Å². The maximum Gasteiger partial charge on any atom is 0.323 e. The van der Waals surface area contributed by atoms with Gasteiger partial charge < -0.3 is 25.5 Å². The predicted molar refractivity (Wildman–Crippen MR) is 166 cm³/mol. The lowest BCUT2D eigenvalue weighted by atomic mass is 9.77. The summed E-state index contributed by atoms with van der Waals surface area (Å²) in [4.78, 5) is 17.6. The Bertz CT molecular complexity index is 1360. The average molecular weight is 559 g/mol. The van der Waals surface area contributed by atoms with Crippen LogP contribution in [-0.4, -0.2) is 42.2 Å². The van der Waals surface area contributed by atoms with E-state index in [9.17, 15) is 9.90 Å². The van der Waals surface area contributed by atoms with Crippen molar-refractivity contribution in [2.24, 2.45) is 5.92 Å². The number of hydrogen-bond acceptors (Lipinski definition) is 4. The molecule has 6 nitrogen and oxygen atoms in total. The molecular weight excluding hydrogens is 515 g/mol. The summed E-state index contributed by atoms with van der Waals surface area (Å²) in [6, 6.07) is 18.1. The molecule has 1 fully saturated rings. The molecule has 0 atom stereocenters. The average Bonchev–Trinajstić information content (AvgIpc) is 3.33. The van der Waals surface area contributed by atoms with Crippen molar-refractivity contribution in [3.8, 4) is 5.75 Å². The van der Waals surface area contributed by atoms with Crippen LogP contribution in [0, 0.1) is 11.7 Å². The van der Waals surface area contributed by atoms with Gasteiger partial charge in [-0.25, -0.2) is 9.18 Å². The Morgan fingerprint density at radius 1 is 1.00 bits per heavy atom. The van der Waals surface area contributed by atoms with Gasteiger partial charge in [0.25, 0.3) is 0 Å². The van der Waals surface area contributed by atoms with Gasteiger partial charge in [0.05, 0.1) is 17.1 Å². The quantitative estimate of drug-likeness (QED) is 0.261. The topological polar surface area (TPSA) is 67.8 Å². The summed E-state index contributed by atoms with van der Waals surface area (Å²) < 4.78 is 15.2. The van der Waals surface area contributed by atoms with Gasteiger partial charge in [0.2, 0.25) is 0 Å². The highest BCUT2D eigenvalue weighted by molar-refractivity contribution is 6.02. The zero-order valence-corrected chi connectivity index (χ0v) is 24.7. The third-order valence-corrected chi connectivity index (χ3v) is 9.01. The highest BCUT2D eigenvalue weighted by atomic mass is 19.1. The summed E-state index contributed by atoms with van der Waals surface area (Å²) in [5.74, 6) is 0.973. The molecule has 0 bridgehead atoms. The lowest BCUT2D eigenvalue weighted by molar-refractivity contribution is 0.192. The highest BCUT2D eigenvalue weighted by Crippen LogP contribution is 2.53. The van der Waals surface area contributed by atoms with Crippen molar-refractivity contribution in [2.75, 3.05) is 41.7 Å². The molecule has 3 N–H and O–H groups in total. The number of fused-ring (bicyclic) bond motifs is 1. The lowest BCUT2D eigenvalue weighted by Gasteiger charge is -2.33. The second-order valence-electron chi connectivity index (χ2n) is 12.1. The van der Waals surface area contributed by atoms with Crippen LogP contribution in [0.1, 0.15) is 70.4 Å². The first-order valence-corrected chi connectivity index (χ1v) is 15.0. The Balaban J connectivity index is 1.29. The minimum atomic E-state index is -0.430. The summed E-state index contributed by atoms with van der Waals surface area (Å²) in [6.45, 7) is 12.6. The number of likely N-dealkylation sites (tertiary alicyclic amines) is 1. The Morgan fingerprint density at radius 3 is 2.34 bits per heavy atom. The molecular formula is C34H43FN4O2. The number of anilines is 4. The number of urea groups is 1. The fourth-order valence-corrected chi connectivity index (χ4v) is 6.73. The van der Waals surface area contributed by atoms with Crippen LogP contribution < -0.4 is 15.5 Å². The summed E-state index contributed by atoms with van der Waals surface area (Å²) in [5.41, 5.74) is 3.95. The zero-order valence-electron chi connectivity index (χ0n) is 24.7. The Morgan fingerprint density at radius 2 is 1.68 bits per heavy atom. The summed E-state index contributed by atoms with van der Waals surface area (Å²) in [7, 11) is 0. The first kappa shape index (κ1) is 28.9. The molecule has 3 aromatic carbocycles. The van der Waals surface area contributed by atoms with Crippen LogP contribution in [0.25, 0.3) is 0 Å². The number of rotatable bonds is 8. The Hall–Kier alpha value is -3.58. The first-order chi connectivity index (χ1) is 19.7. The van der Waals surface area contributed by atoms with E-state index < -0.39 is 5.41 Å². The van der Waals surface area contributed by atoms with E-state index in [-0.39, 0.29) is 17.6 Å². The van der Waals surface area contributed by atoms with Gasteiger partial charge in [-0.3, -0.25) is 0 Å². The van der Waals surface area contributed by atoms with Crippen molar-refractivity contribution in [3.05, 3.63) is 77.6 Å². The SMILES string of the molecule is CCC1(CC)CN(c2ccccc2NC(=O)Nc2ccc(C3CCN(CC(C)C)CC3)cc2)c2c(O)ccc(F)c21. The van der Waals surface area contributed by atoms with E-state index in [1.165, 1.54) is 17.7 Å². The maximum absolute atomic E-state index is 15.2. The van der Waals surface area contributed by atoms with Gasteiger partial charge in [0.15, 0.2) is 0 Å². The fourth-order valence-electron chi connectivity index (χ4n) is 6.73. The summed E-state index contributed by atoms with van der Waals surface area (Å²) in [6.07, 6.45) is 3.79. The van der Waals surface area contributed by atoms with Crippen LogP contribution >= 0.6 is 0 Å². The summed E-state index contributed by atoms with van der Waals surface area (Å²) in [5, 5.41) is 16.8. The molecule has 3 aromatic rings. The molecule has 2 heterocycles. The van der Waals surface area contributed by atoms with E-state index in [0.717, 1.165) is 51.0 Å². The van der Waals surface area contributed by atoms with Gasteiger partial charge in [0, 0.05) is 29.8 Å². The van der Waals surface area contributed by atoms with E-state index in [1.807, 2.05) is 41.3 Å². The third-order valence-electron chi connectivity index (χ3n) is 9.01. The lowest BCUT2D eigenvalue weighted by Crippen LogP contribution is -2.35. The van der Waals surface area contributed by atoms with E-state index in [0.29, 0.717) is 41.0 Å². The molecule has 0 spiro atoms. The molecule has 7 heteroatoms. The van der Waals surface area contributed by atoms with Gasteiger partial charge in [0.1, 0.15) is 11.6 Å². The molecule has 2 aliphatic rings. The van der Waals surface area contributed by atoms with Gasteiger partial charge in [-0.1, -0.05) is 52.0 Å². The molecule has 0 aromatic heterocycles. The van der Waals surface area contributed by atoms with Crippen LogP contribution in [0.2, 0.25) is 0 Å². The van der Waals surface area contributed by atoms with Crippen LogP contribution in [0.15, 0.2) is 60.7 Å². The monoisotopic (exact) mass is 558 g/mol. The van der Waals surface area contributed by atoms with Gasteiger partial charge in [-0.05, 0) is 92.6 Å². The normalized spacial score (nSPS) is 17.1. The molecule has 2 amide bonds. The molecule has 0 unspecified atom stereocenters. The number of amides is 2. The molecule has 218 valence electrons. The predicted octanol–water partition coefficient (Wildman–Crippen LogP) is 8.22. The van der Waals surface area contributed by atoms with Crippen molar-refractivity contribution < 1.29 is 14.3 Å². The van der Waals surface area contributed by atoms with E-state index in [2.05, 4.69) is 55.4 Å². The van der Waals surface area contributed by atoms with Crippen molar-refractivity contribution in [1.29, 1.82) is 0 Å². The molecule has 0 aliphatic carbocycles. The zero-order chi connectivity index (χ0) is 29.1. The summed E-state index contributed by atoms with van der Waals surface area (Å²) >= 11 is 0. The van der Waals surface area contributed by atoms with Gasteiger partial charge >= 0.3 is 6.03 Å². The number of aromatic hydroxyl groups is 1. The minimum absolute atomic E-state index is 0.0371. The number of phenols is 1. The van der Waals surface area contributed by atoms with Gasteiger partial charge in [-0.2, -0.15) is 0 Å². The number of nitrogens with one attached hydrogen (secondary N) is 2. The van der Waals surface area contributed by atoms with Crippen molar-refractivity contribution in [1.82, 2.24) is 4.90 Å². The minimum Gasteiger partial charge on any atom is -0.506 e. The number of benzene rings is 3. The van der Waals surface area contributed by atoms with Crippen molar-refractivity contribution >= 4 is 28.8 Å².